The molecule has 1 amide bonds. The third-order valence-electron chi connectivity index (χ3n) is 4.89. The minimum atomic E-state index is -4.77. The molecule has 28 heavy (non-hydrogen) atoms. The molecule has 0 aliphatic carbocycles. The second kappa shape index (κ2) is 6.05. The molecule has 0 spiro atoms. The summed E-state index contributed by atoms with van der Waals surface area (Å²) in [5.74, 6) is -3.71. The van der Waals surface area contributed by atoms with Crippen LogP contribution in [0.2, 0.25) is 0 Å². The first-order chi connectivity index (χ1) is 13.1. The van der Waals surface area contributed by atoms with Gasteiger partial charge in [-0.25, -0.2) is 8.78 Å². The summed E-state index contributed by atoms with van der Waals surface area (Å²) in [6, 6.07) is 7.38. The fourth-order valence-corrected chi connectivity index (χ4v) is 3.59. The lowest BCUT2D eigenvalue weighted by Gasteiger charge is -2.16. The lowest BCUT2D eigenvalue weighted by Crippen LogP contribution is -2.23. The van der Waals surface area contributed by atoms with Crippen LogP contribution in [-0.4, -0.2) is 17.4 Å². The van der Waals surface area contributed by atoms with E-state index in [2.05, 4.69) is 10.3 Å². The number of rotatable bonds is 2. The van der Waals surface area contributed by atoms with Crippen LogP contribution < -0.4 is 5.32 Å². The van der Waals surface area contributed by atoms with Crippen LogP contribution in [0.1, 0.15) is 34.0 Å². The van der Waals surface area contributed by atoms with Crippen molar-refractivity contribution in [3.8, 4) is 11.3 Å². The van der Waals surface area contributed by atoms with E-state index in [1.54, 1.807) is 18.2 Å². The van der Waals surface area contributed by atoms with Gasteiger partial charge in [0.15, 0.2) is 0 Å². The van der Waals surface area contributed by atoms with Gasteiger partial charge in [0, 0.05) is 41.2 Å². The Morgan fingerprint density at radius 3 is 2.39 bits per heavy atom. The Hall–Kier alpha value is -2.90. The smallest absolute Gasteiger partial charge is 0.354 e. The first kappa shape index (κ1) is 18.5. The highest BCUT2D eigenvalue weighted by Crippen LogP contribution is 2.40. The number of alkyl halides is 5. The van der Waals surface area contributed by atoms with Crippen molar-refractivity contribution in [2.75, 3.05) is 6.54 Å². The summed E-state index contributed by atoms with van der Waals surface area (Å²) >= 11 is 0. The lowest BCUT2D eigenvalue weighted by atomic mass is 9.96. The Labute approximate surface area is 156 Å². The van der Waals surface area contributed by atoms with Crippen molar-refractivity contribution >= 4 is 16.8 Å². The maximum absolute atomic E-state index is 13.9. The monoisotopic (exact) mass is 394 g/mol. The van der Waals surface area contributed by atoms with Gasteiger partial charge in [0.2, 0.25) is 0 Å². The lowest BCUT2D eigenvalue weighted by molar-refractivity contribution is -0.137. The minimum Gasteiger partial charge on any atom is -0.354 e. The number of amides is 1. The van der Waals surface area contributed by atoms with Gasteiger partial charge < -0.3 is 10.3 Å². The van der Waals surface area contributed by atoms with E-state index in [-0.39, 0.29) is 11.5 Å². The van der Waals surface area contributed by atoms with Crippen LogP contribution in [0.5, 0.6) is 0 Å². The van der Waals surface area contributed by atoms with Crippen molar-refractivity contribution in [1.29, 1.82) is 0 Å². The van der Waals surface area contributed by atoms with E-state index in [4.69, 9.17) is 0 Å². The molecule has 8 heteroatoms. The summed E-state index contributed by atoms with van der Waals surface area (Å²) < 4.78 is 67.7. The molecular weight excluding hydrogens is 379 g/mol. The van der Waals surface area contributed by atoms with Crippen molar-refractivity contribution in [1.82, 2.24) is 10.3 Å². The number of halogens is 5. The molecule has 0 fully saturated rings. The number of aromatic nitrogens is 1. The van der Waals surface area contributed by atoms with Crippen LogP contribution in [0.4, 0.5) is 22.0 Å². The highest BCUT2D eigenvalue weighted by molar-refractivity contribution is 6.10. The van der Waals surface area contributed by atoms with E-state index in [1.165, 1.54) is 0 Å². The molecule has 1 aliphatic heterocycles. The van der Waals surface area contributed by atoms with E-state index >= 15 is 0 Å². The quantitative estimate of drug-likeness (QED) is 0.573. The summed E-state index contributed by atoms with van der Waals surface area (Å²) in [5, 5.41) is 3.34. The van der Waals surface area contributed by atoms with Crippen LogP contribution in [-0.2, 0) is 18.5 Å². The first-order valence-electron chi connectivity index (χ1n) is 8.58. The maximum atomic E-state index is 13.9. The number of hydrogen-bond donors (Lipinski definition) is 2. The summed E-state index contributed by atoms with van der Waals surface area (Å²) in [6.45, 7) is 0.858. The van der Waals surface area contributed by atoms with E-state index < -0.39 is 23.2 Å². The molecular formula is C20H15F5N2O. The molecule has 0 atom stereocenters. The molecule has 0 saturated carbocycles. The number of nitrogens with one attached hydrogen (secondary N) is 2. The highest BCUT2D eigenvalue weighted by atomic mass is 19.4. The average molecular weight is 394 g/mol. The summed E-state index contributed by atoms with van der Waals surface area (Å²) in [5.41, 5.74) is 0.0750. The Kier molecular flexibility index (Phi) is 3.99. The van der Waals surface area contributed by atoms with Gasteiger partial charge in [-0.1, -0.05) is 6.07 Å². The largest absolute Gasteiger partial charge is 0.416 e. The first-order valence-corrected chi connectivity index (χ1v) is 8.58. The number of hydrogen-bond acceptors (Lipinski definition) is 1. The normalized spacial score (nSPS) is 14.9. The second-order valence-corrected chi connectivity index (χ2v) is 6.90. The molecule has 0 radical (unpaired) electrons. The molecule has 3 nitrogen and oxygen atoms in total. The molecule has 0 bridgehead atoms. The van der Waals surface area contributed by atoms with Crippen LogP contribution in [0.25, 0.3) is 22.2 Å². The number of carbonyl (C=O) groups is 1. The van der Waals surface area contributed by atoms with Crippen molar-refractivity contribution in [2.24, 2.45) is 0 Å². The predicted molar refractivity (Wildman–Crippen MR) is 94.3 cm³/mol. The minimum absolute atomic E-state index is 0.0119. The van der Waals surface area contributed by atoms with Crippen LogP contribution in [0, 0.1) is 0 Å². The number of aromatic amines is 1. The summed E-state index contributed by atoms with van der Waals surface area (Å²) in [6.07, 6.45) is -4.40. The SMILES string of the molecule is CC(F)(F)c1cc(-c2[nH]c3cccc4c3c2CCNC4=O)cc(C(F)(F)F)c1. The molecule has 0 saturated heterocycles. The van der Waals surface area contributed by atoms with Gasteiger partial charge in [-0.2, -0.15) is 13.2 Å². The molecule has 2 N–H and O–H groups in total. The van der Waals surface area contributed by atoms with Crippen molar-refractivity contribution in [3.63, 3.8) is 0 Å². The van der Waals surface area contributed by atoms with E-state index in [0.29, 0.717) is 53.7 Å². The number of benzene rings is 2. The third kappa shape index (κ3) is 3.02. The zero-order chi connectivity index (χ0) is 20.3. The fourth-order valence-electron chi connectivity index (χ4n) is 3.59. The van der Waals surface area contributed by atoms with Crippen LogP contribution in [0.3, 0.4) is 0 Å². The number of carbonyl (C=O) groups excluding carboxylic acids is 1. The summed E-state index contributed by atoms with van der Waals surface area (Å²) in [4.78, 5) is 15.3. The third-order valence-corrected chi connectivity index (χ3v) is 4.89. The topological polar surface area (TPSA) is 44.9 Å². The van der Waals surface area contributed by atoms with Gasteiger partial charge in [-0.15, -0.1) is 0 Å². The Morgan fingerprint density at radius 1 is 1.00 bits per heavy atom. The molecule has 2 heterocycles. The van der Waals surface area contributed by atoms with E-state index in [9.17, 15) is 26.7 Å². The second-order valence-electron chi connectivity index (χ2n) is 6.90. The van der Waals surface area contributed by atoms with Gasteiger partial charge in [-0.05, 0) is 47.9 Å². The molecule has 0 unspecified atom stereocenters. The van der Waals surface area contributed by atoms with Gasteiger partial charge in [0.1, 0.15) is 0 Å². The van der Waals surface area contributed by atoms with Crippen LogP contribution in [0.15, 0.2) is 36.4 Å². The fraction of sp³-hybridized carbons (Fsp3) is 0.250. The van der Waals surface area contributed by atoms with Gasteiger partial charge in [0.25, 0.3) is 11.8 Å². The van der Waals surface area contributed by atoms with Crippen molar-refractivity contribution in [3.05, 3.63) is 58.7 Å². The zero-order valence-corrected chi connectivity index (χ0v) is 14.7. The number of H-pyrrole nitrogens is 1. The average Bonchev–Trinajstić information content (AvgIpc) is 2.89. The summed E-state index contributed by atoms with van der Waals surface area (Å²) in [7, 11) is 0. The zero-order valence-electron chi connectivity index (χ0n) is 14.7. The van der Waals surface area contributed by atoms with Crippen molar-refractivity contribution < 1.29 is 26.7 Å². The molecule has 4 rings (SSSR count). The van der Waals surface area contributed by atoms with Crippen molar-refractivity contribution in [2.45, 2.75) is 25.4 Å². The molecule has 3 aromatic rings. The van der Waals surface area contributed by atoms with E-state index in [0.717, 1.165) is 12.1 Å². The molecule has 1 aromatic heterocycles. The molecule has 146 valence electrons. The standard InChI is InChI=1S/C20H15F5N2O/c1-19(21,22)11-7-10(8-12(9-11)20(23,24)25)17-13-5-6-26-18(28)14-3-2-4-15(27-17)16(13)14/h2-4,7-9,27H,5-6H2,1H3,(H,26,28). The highest BCUT2D eigenvalue weighted by Gasteiger charge is 2.35. The Morgan fingerprint density at radius 2 is 1.71 bits per heavy atom. The van der Waals surface area contributed by atoms with Crippen LogP contribution >= 0.6 is 0 Å². The maximum Gasteiger partial charge on any atom is 0.416 e. The Bertz CT molecular complexity index is 1060. The van der Waals surface area contributed by atoms with Gasteiger partial charge in [0.05, 0.1) is 5.56 Å². The van der Waals surface area contributed by atoms with Gasteiger partial charge in [-0.3, -0.25) is 4.79 Å². The molecule has 2 aromatic carbocycles. The predicted octanol–water partition coefficient (Wildman–Crippen LogP) is 5.25. The Balaban J connectivity index is 2.02. The molecule has 1 aliphatic rings. The van der Waals surface area contributed by atoms with Gasteiger partial charge >= 0.3 is 6.18 Å². The van der Waals surface area contributed by atoms with E-state index in [1.807, 2.05) is 0 Å².